The van der Waals surface area contributed by atoms with Gasteiger partial charge in [0.15, 0.2) is 5.78 Å². The molecule has 0 radical (unpaired) electrons. The number of nitrogens with zero attached hydrogens (tertiary/aromatic N) is 2. The molecule has 3 unspecified atom stereocenters. The lowest BCUT2D eigenvalue weighted by Crippen LogP contribution is -2.41. The van der Waals surface area contributed by atoms with Crippen LogP contribution in [0.1, 0.15) is 120 Å². The maximum Gasteiger partial charge on any atom is 0.494 e. The fourth-order valence-electron chi connectivity index (χ4n) is 7.18. The summed E-state index contributed by atoms with van der Waals surface area (Å²) in [4.78, 5) is 86.3. The first-order chi connectivity index (χ1) is 43.1. The molecule has 0 saturated carbocycles. The lowest BCUT2D eigenvalue weighted by Gasteiger charge is -2.32. The summed E-state index contributed by atoms with van der Waals surface area (Å²) in [6.07, 6.45) is 0. The number of hydrogen-bond donors (Lipinski definition) is 5. The highest BCUT2D eigenvalue weighted by molar-refractivity contribution is 9.11. The Labute approximate surface area is 577 Å². The number of aromatic carboxylic acids is 1. The van der Waals surface area contributed by atoms with Gasteiger partial charge in [-0.3, -0.25) is 24.0 Å². The van der Waals surface area contributed by atoms with Crippen LogP contribution in [-0.4, -0.2) is 105 Å². The second-order valence-electron chi connectivity index (χ2n) is 21.4. The van der Waals surface area contributed by atoms with E-state index in [9.17, 15) is 33.6 Å². The van der Waals surface area contributed by atoms with Gasteiger partial charge in [0.2, 0.25) is 11.8 Å². The Kier molecular flexibility index (Phi) is 30.3. The third kappa shape index (κ3) is 24.6. The van der Waals surface area contributed by atoms with Crippen LogP contribution in [0.25, 0.3) is 22.9 Å². The summed E-state index contributed by atoms with van der Waals surface area (Å²) >= 11 is 16.4. The standard InChI is InChI=1S/C17H22BNO3.C11H12BrNO3.C11H12BrNO2.C11H10BrNO.C10H10BrNO3.C7H5BrO2/c1-11-12(2)20-15(19-11)13-7-9-14(10-8-13)18-21-16(3,4)17(5,6)22-18;1-7(11(15)16-2)13-10(14)8-3-5-9(12)6-4-8;1-7(8(2)14)13-11(15)9-3-5-10(12)6-4-9;1-7-8(2)14-11(13-7)9-3-5-10(12)6-4-9;1-6(10(14)15)12-9(13)7-2-4-8(11)5-3-7;8-6-3-1-5(2-4-6)7(9)10/h7-10H,1-6H3;3-7H,1-2H3,(H,13,14);3-7H,1-2H3,(H,13,15);3-6H,1-2H3;2-6H,1H3,(H,12,13)(H,14,15);1-4H,(H,9,10). The number of carboxylic acid groups (broad SMARTS) is 2. The zero-order valence-corrected chi connectivity index (χ0v) is 60.7. The summed E-state index contributed by atoms with van der Waals surface area (Å²) in [6, 6.07) is 40.9. The lowest BCUT2D eigenvalue weighted by atomic mass is 9.79. The highest BCUT2D eigenvalue weighted by Crippen LogP contribution is 2.37. The van der Waals surface area contributed by atoms with Crippen LogP contribution in [0, 0.1) is 27.7 Å². The normalized spacial score (nSPS) is 13.2. The van der Waals surface area contributed by atoms with Crippen LogP contribution in [0.2, 0.25) is 0 Å². The number of rotatable bonds is 13. The number of ether oxygens (including phenoxy) is 1. The van der Waals surface area contributed by atoms with Crippen molar-refractivity contribution in [3.63, 3.8) is 0 Å². The van der Waals surface area contributed by atoms with Crippen LogP contribution in [0.4, 0.5) is 0 Å². The molecule has 5 N–H and O–H groups in total. The maximum atomic E-state index is 11.7. The number of oxazole rings is 2. The second kappa shape index (κ2) is 36.2. The molecule has 1 aliphatic rings. The van der Waals surface area contributed by atoms with Gasteiger partial charge in [0.05, 0.1) is 41.3 Å². The number of methoxy groups -OCH3 is 1. The van der Waals surface area contributed by atoms with E-state index in [1.165, 1.54) is 21.0 Å². The summed E-state index contributed by atoms with van der Waals surface area (Å²) < 4.78 is 32.4. The molecular formula is C67H71BBr5N5O14. The second-order valence-corrected chi connectivity index (χ2v) is 26.0. The van der Waals surface area contributed by atoms with Crippen molar-refractivity contribution in [2.24, 2.45) is 0 Å². The third-order valence-corrected chi connectivity index (χ3v) is 16.5. The van der Waals surface area contributed by atoms with Crippen LogP contribution >= 0.6 is 79.6 Å². The van der Waals surface area contributed by atoms with E-state index in [4.69, 9.17) is 28.4 Å². The Morgan fingerprint density at radius 3 is 1.04 bits per heavy atom. The number of aromatic nitrogens is 2. The Morgan fingerprint density at radius 1 is 0.467 bits per heavy atom. The number of ketones is 1. The molecule has 3 amide bonds. The van der Waals surface area contributed by atoms with Crippen LogP contribution in [-0.2, 0) is 28.4 Å². The average Bonchev–Trinajstić information content (AvgIpc) is 1.64. The van der Waals surface area contributed by atoms with E-state index in [0.717, 1.165) is 61.9 Å². The number of esters is 1. The predicted octanol–water partition coefficient (Wildman–Crippen LogP) is 14.7. The van der Waals surface area contributed by atoms with Crippen molar-refractivity contribution in [2.75, 3.05) is 7.11 Å². The number of carboxylic acids is 2. The number of amides is 3. The number of carbonyl (C=O) groups excluding carboxylic acids is 5. The molecule has 3 heterocycles. The van der Waals surface area contributed by atoms with Crippen molar-refractivity contribution in [1.82, 2.24) is 25.9 Å². The Bertz CT molecular complexity index is 3640. The lowest BCUT2D eigenvalue weighted by molar-refractivity contribution is -0.142. The molecule has 25 heteroatoms. The van der Waals surface area contributed by atoms with Gasteiger partial charge in [0.25, 0.3) is 17.7 Å². The van der Waals surface area contributed by atoms with Crippen molar-refractivity contribution < 1.29 is 66.7 Å². The number of Topliss-reactive ketones (excluding diaryl/α,β-unsaturated/α-hetero) is 1. The molecule has 3 atom stereocenters. The number of nitrogens with one attached hydrogen (secondary N) is 3. The number of hydrogen-bond acceptors (Lipinski definition) is 14. The molecule has 19 nitrogen and oxygen atoms in total. The summed E-state index contributed by atoms with van der Waals surface area (Å²) in [5, 5.41) is 24.6. The molecule has 9 rings (SSSR count). The zero-order valence-electron chi connectivity index (χ0n) is 52.7. The average molecular weight is 1580 g/mol. The Morgan fingerprint density at radius 2 is 0.761 bits per heavy atom. The number of aryl methyl sites for hydroxylation is 4. The van der Waals surface area contributed by atoms with Crippen molar-refractivity contribution >= 4 is 134 Å². The van der Waals surface area contributed by atoms with Crippen molar-refractivity contribution in [2.45, 2.75) is 112 Å². The van der Waals surface area contributed by atoms with Gasteiger partial charge in [0, 0.05) is 50.2 Å². The summed E-state index contributed by atoms with van der Waals surface area (Å²) in [5.41, 5.74) is 5.97. The molecule has 6 aromatic carbocycles. The quantitative estimate of drug-likeness (QED) is 0.0530. The monoisotopic (exact) mass is 1580 g/mol. The van der Waals surface area contributed by atoms with Crippen LogP contribution in [0.3, 0.4) is 0 Å². The number of halogens is 5. The SMILES string of the molecule is CC(=O)C(C)NC(=O)c1ccc(Br)cc1.CC(NC(=O)c1ccc(Br)cc1)C(=O)O.COC(=O)C(C)NC(=O)c1ccc(Br)cc1.Cc1nc(-c2ccc(B3OC(C)(C)C(C)(C)O3)cc2)oc1C.Cc1nc(-c2ccc(Br)cc2)oc1C.O=C(O)c1ccc(Br)cc1. The summed E-state index contributed by atoms with van der Waals surface area (Å²) in [7, 11) is 0.942. The van der Waals surface area contributed by atoms with E-state index in [-0.39, 0.29) is 35.9 Å². The molecule has 2 aromatic heterocycles. The van der Waals surface area contributed by atoms with Crippen LogP contribution < -0.4 is 21.4 Å². The first kappa shape index (κ1) is 77.1. The minimum atomic E-state index is -1.06. The number of benzene rings is 6. The molecular weight excluding hydrogens is 1510 g/mol. The molecule has 0 bridgehead atoms. The fraction of sp³-hybridized carbons (Fsp3) is 0.269. The van der Waals surface area contributed by atoms with Gasteiger partial charge in [-0.1, -0.05) is 91.8 Å². The zero-order chi connectivity index (χ0) is 68.8. The van der Waals surface area contributed by atoms with Crippen LogP contribution in [0.15, 0.2) is 177 Å². The van der Waals surface area contributed by atoms with Gasteiger partial charge in [-0.05, 0) is 222 Å². The Balaban J connectivity index is 0.000000239. The molecule has 1 aliphatic heterocycles. The van der Waals surface area contributed by atoms with Crippen molar-refractivity contribution in [3.05, 3.63) is 213 Å². The van der Waals surface area contributed by atoms with Gasteiger partial charge >= 0.3 is 25.0 Å². The molecule has 486 valence electrons. The van der Waals surface area contributed by atoms with E-state index >= 15 is 0 Å². The molecule has 1 saturated heterocycles. The van der Waals surface area contributed by atoms with Gasteiger partial charge < -0.3 is 49.0 Å². The third-order valence-electron chi connectivity index (χ3n) is 13.8. The summed E-state index contributed by atoms with van der Waals surface area (Å²) in [5.74, 6) is -0.331. The largest absolute Gasteiger partial charge is 0.494 e. The minimum Gasteiger partial charge on any atom is -0.480 e. The highest BCUT2D eigenvalue weighted by atomic mass is 79.9. The van der Waals surface area contributed by atoms with Crippen molar-refractivity contribution in [1.29, 1.82) is 0 Å². The fourth-order valence-corrected chi connectivity index (χ4v) is 8.50. The van der Waals surface area contributed by atoms with Gasteiger partial charge in [-0.25, -0.2) is 19.6 Å². The predicted molar refractivity (Wildman–Crippen MR) is 371 cm³/mol. The Hall–Kier alpha value is -7.39. The van der Waals surface area contributed by atoms with Crippen LogP contribution in [0.5, 0.6) is 0 Å². The maximum absolute atomic E-state index is 11.7. The van der Waals surface area contributed by atoms with Gasteiger partial charge in [0.1, 0.15) is 23.6 Å². The smallest absolute Gasteiger partial charge is 0.480 e. The highest BCUT2D eigenvalue weighted by Gasteiger charge is 2.51. The van der Waals surface area contributed by atoms with E-state index in [0.29, 0.717) is 34.0 Å². The number of carbonyl (C=O) groups is 7. The molecule has 0 spiro atoms. The van der Waals surface area contributed by atoms with E-state index < -0.39 is 41.9 Å². The molecule has 8 aromatic rings. The topological polar surface area (TPSA) is 276 Å². The van der Waals surface area contributed by atoms with E-state index in [1.807, 2.05) is 76.2 Å². The van der Waals surface area contributed by atoms with Gasteiger partial charge in [-0.15, -0.1) is 0 Å². The van der Waals surface area contributed by atoms with E-state index in [2.05, 4.69) is 138 Å². The van der Waals surface area contributed by atoms with Crippen molar-refractivity contribution in [3.8, 4) is 22.9 Å². The first-order valence-corrected chi connectivity index (χ1v) is 32.2. The van der Waals surface area contributed by atoms with E-state index in [1.54, 1.807) is 111 Å². The molecule has 0 aliphatic carbocycles. The van der Waals surface area contributed by atoms with Gasteiger partial charge in [-0.2, -0.15) is 0 Å². The molecule has 1 fully saturated rings. The summed E-state index contributed by atoms with van der Waals surface area (Å²) in [6.45, 7) is 22.1. The first-order valence-electron chi connectivity index (χ1n) is 28.2. The number of aliphatic carboxylic acids is 1. The molecule has 92 heavy (non-hydrogen) atoms. The minimum absolute atomic E-state index is 0.0551.